The molecule has 0 radical (unpaired) electrons. The van der Waals surface area contributed by atoms with Crippen LogP contribution in [0.15, 0.2) is 0 Å². The van der Waals surface area contributed by atoms with Crippen molar-refractivity contribution in [1.29, 1.82) is 0 Å². The first-order valence-electron chi connectivity index (χ1n) is 8.04. The minimum Gasteiger partial charge on any atom is -0.339 e. The van der Waals surface area contributed by atoms with E-state index < -0.39 is 0 Å². The highest BCUT2D eigenvalue weighted by molar-refractivity contribution is 5.87. The van der Waals surface area contributed by atoms with Gasteiger partial charge in [-0.05, 0) is 38.6 Å². The normalized spacial score (nSPS) is 32.8. The number of piperazine rings is 1. The maximum absolute atomic E-state index is 12.8. The number of hydrogen-bond acceptors (Lipinski definition) is 3. The minimum absolute atomic E-state index is 0.226. The van der Waals surface area contributed by atoms with Crippen LogP contribution in [-0.2, 0) is 4.79 Å². The van der Waals surface area contributed by atoms with Crippen LogP contribution in [0.2, 0.25) is 0 Å². The SMILES string of the molecule is CCCC1(C(=O)N2CCN(C3CC3)CC2)CCCN1. The zero-order chi connectivity index (χ0) is 13.3. The molecular formula is C15H27N3O. The van der Waals surface area contributed by atoms with Crippen LogP contribution in [0.25, 0.3) is 0 Å². The van der Waals surface area contributed by atoms with Crippen LogP contribution in [0.4, 0.5) is 0 Å². The van der Waals surface area contributed by atoms with Crippen molar-refractivity contribution in [3.05, 3.63) is 0 Å². The molecule has 0 aromatic heterocycles. The molecule has 1 atom stereocenters. The van der Waals surface area contributed by atoms with E-state index in [0.717, 1.165) is 64.4 Å². The van der Waals surface area contributed by atoms with Gasteiger partial charge in [-0.2, -0.15) is 0 Å². The third-order valence-corrected chi connectivity index (χ3v) is 4.99. The monoisotopic (exact) mass is 265 g/mol. The molecule has 0 aromatic rings. The van der Waals surface area contributed by atoms with Crippen LogP contribution < -0.4 is 5.32 Å². The lowest BCUT2D eigenvalue weighted by Gasteiger charge is -2.40. The Labute approximate surface area is 116 Å². The van der Waals surface area contributed by atoms with Gasteiger partial charge in [0.15, 0.2) is 0 Å². The van der Waals surface area contributed by atoms with Crippen LogP contribution in [0.3, 0.4) is 0 Å². The van der Waals surface area contributed by atoms with Gasteiger partial charge in [0.05, 0.1) is 5.54 Å². The second-order valence-corrected chi connectivity index (χ2v) is 6.42. The second kappa shape index (κ2) is 5.41. The summed E-state index contributed by atoms with van der Waals surface area (Å²) in [4.78, 5) is 17.5. The summed E-state index contributed by atoms with van der Waals surface area (Å²) < 4.78 is 0. The van der Waals surface area contributed by atoms with Crippen LogP contribution in [-0.4, -0.2) is 60.0 Å². The zero-order valence-electron chi connectivity index (χ0n) is 12.2. The van der Waals surface area contributed by atoms with Crippen molar-refractivity contribution >= 4 is 5.91 Å². The quantitative estimate of drug-likeness (QED) is 0.830. The molecule has 108 valence electrons. The van der Waals surface area contributed by atoms with E-state index in [9.17, 15) is 4.79 Å². The molecule has 1 aliphatic carbocycles. The predicted molar refractivity (Wildman–Crippen MR) is 76.1 cm³/mol. The summed E-state index contributed by atoms with van der Waals surface area (Å²) in [5.41, 5.74) is -0.226. The highest BCUT2D eigenvalue weighted by atomic mass is 16.2. The van der Waals surface area contributed by atoms with Crippen molar-refractivity contribution < 1.29 is 4.79 Å². The van der Waals surface area contributed by atoms with E-state index in [2.05, 4.69) is 22.0 Å². The van der Waals surface area contributed by atoms with Crippen molar-refractivity contribution in [1.82, 2.24) is 15.1 Å². The van der Waals surface area contributed by atoms with Crippen molar-refractivity contribution in [2.24, 2.45) is 0 Å². The van der Waals surface area contributed by atoms with Crippen LogP contribution in [0.5, 0.6) is 0 Å². The van der Waals surface area contributed by atoms with Gasteiger partial charge in [0.25, 0.3) is 0 Å². The molecule has 4 nitrogen and oxygen atoms in total. The van der Waals surface area contributed by atoms with Crippen LogP contribution >= 0.6 is 0 Å². The summed E-state index contributed by atoms with van der Waals surface area (Å²) in [6, 6.07) is 0.839. The number of carbonyl (C=O) groups is 1. The van der Waals surface area contributed by atoms with E-state index in [1.807, 2.05) is 0 Å². The highest BCUT2D eigenvalue weighted by Gasteiger charge is 2.43. The molecule has 3 rings (SSSR count). The maximum atomic E-state index is 12.8. The predicted octanol–water partition coefficient (Wildman–Crippen LogP) is 1.22. The standard InChI is InChI=1S/C15H27N3O/c1-2-6-15(7-3-8-16-15)14(19)18-11-9-17(10-12-18)13-4-5-13/h13,16H,2-12H2,1H3. The molecule has 3 aliphatic rings. The summed E-state index contributed by atoms with van der Waals surface area (Å²) >= 11 is 0. The van der Waals surface area contributed by atoms with Crippen LogP contribution in [0, 0.1) is 0 Å². The Hall–Kier alpha value is -0.610. The average Bonchev–Trinajstić information content (AvgIpc) is 3.19. The van der Waals surface area contributed by atoms with Gasteiger partial charge in [-0.15, -0.1) is 0 Å². The largest absolute Gasteiger partial charge is 0.339 e. The van der Waals surface area contributed by atoms with Gasteiger partial charge >= 0.3 is 0 Å². The Kier molecular flexibility index (Phi) is 3.81. The van der Waals surface area contributed by atoms with Gasteiger partial charge in [-0.1, -0.05) is 13.3 Å². The molecule has 0 bridgehead atoms. The summed E-state index contributed by atoms with van der Waals surface area (Å²) in [6.45, 7) is 7.22. The summed E-state index contributed by atoms with van der Waals surface area (Å²) in [6.07, 6.45) is 7.00. The first-order valence-corrected chi connectivity index (χ1v) is 8.04. The number of nitrogens with one attached hydrogen (secondary N) is 1. The molecule has 2 aliphatic heterocycles. The fourth-order valence-corrected chi connectivity index (χ4v) is 3.77. The lowest BCUT2D eigenvalue weighted by atomic mass is 9.90. The van der Waals surface area contributed by atoms with Gasteiger partial charge in [-0.25, -0.2) is 0 Å². The third kappa shape index (κ3) is 2.65. The Morgan fingerprint density at radius 1 is 1.26 bits per heavy atom. The van der Waals surface area contributed by atoms with Crippen molar-refractivity contribution in [3.63, 3.8) is 0 Å². The number of carbonyl (C=O) groups excluding carboxylic acids is 1. The molecule has 1 amide bonds. The fraction of sp³-hybridized carbons (Fsp3) is 0.933. The number of hydrogen-bond donors (Lipinski definition) is 1. The zero-order valence-corrected chi connectivity index (χ0v) is 12.2. The van der Waals surface area contributed by atoms with Gasteiger partial charge in [0.1, 0.15) is 0 Å². The smallest absolute Gasteiger partial charge is 0.242 e. The number of rotatable bonds is 4. The van der Waals surface area contributed by atoms with E-state index in [1.54, 1.807) is 0 Å². The van der Waals surface area contributed by atoms with Crippen molar-refractivity contribution in [2.45, 2.75) is 57.0 Å². The van der Waals surface area contributed by atoms with Crippen molar-refractivity contribution in [2.75, 3.05) is 32.7 Å². The Bertz CT molecular complexity index is 326. The first kappa shape index (κ1) is 13.4. The molecule has 1 N–H and O–H groups in total. The first-order chi connectivity index (χ1) is 9.25. The third-order valence-electron chi connectivity index (χ3n) is 4.99. The Balaban J connectivity index is 1.59. The molecule has 3 fully saturated rings. The van der Waals surface area contributed by atoms with E-state index in [-0.39, 0.29) is 5.54 Å². The van der Waals surface area contributed by atoms with Gasteiger partial charge in [-0.3, -0.25) is 9.69 Å². The number of amides is 1. The summed E-state index contributed by atoms with van der Waals surface area (Å²) in [5.74, 6) is 0.377. The van der Waals surface area contributed by atoms with E-state index in [1.165, 1.54) is 12.8 Å². The second-order valence-electron chi connectivity index (χ2n) is 6.42. The van der Waals surface area contributed by atoms with Gasteiger partial charge < -0.3 is 10.2 Å². The maximum Gasteiger partial charge on any atom is 0.242 e. The minimum atomic E-state index is -0.226. The van der Waals surface area contributed by atoms with Crippen LogP contribution in [0.1, 0.15) is 45.4 Å². The van der Waals surface area contributed by atoms with E-state index in [0.29, 0.717) is 5.91 Å². The molecule has 4 heteroatoms. The molecule has 2 saturated heterocycles. The topological polar surface area (TPSA) is 35.6 Å². The average molecular weight is 265 g/mol. The molecule has 0 aromatic carbocycles. The molecule has 19 heavy (non-hydrogen) atoms. The molecule has 1 saturated carbocycles. The number of nitrogens with zero attached hydrogens (tertiary/aromatic N) is 2. The molecular weight excluding hydrogens is 238 g/mol. The molecule has 0 spiro atoms. The van der Waals surface area contributed by atoms with E-state index >= 15 is 0 Å². The van der Waals surface area contributed by atoms with Gasteiger partial charge in [0.2, 0.25) is 5.91 Å². The van der Waals surface area contributed by atoms with E-state index in [4.69, 9.17) is 0 Å². The summed E-state index contributed by atoms with van der Waals surface area (Å²) in [5, 5.41) is 3.51. The summed E-state index contributed by atoms with van der Waals surface area (Å²) in [7, 11) is 0. The molecule has 1 unspecified atom stereocenters. The lowest BCUT2D eigenvalue weighted by molar-refractivity contribution is -0.140. The van der Waals surface area contributed by atoms with Crippen molar-refractivity contribution in [3.8, 4) is 0 Å². The van der Waals surface area contributed by atoms with Gasteiger partial charge in [0, 0.05) is 32.2 Å². The Morgan fingerprint density at radius 3 is 2.53 bits per heavy atom. The molecule has 2 heterocycles. The lowest BCUT2D eigenvalue weighted by Crippen LogP contribution is -2.59. The Morgan fingerprint density at radius 2 is 2.00 bits per heavy atom. The highest BCUT2D eigenvalue weighted by Crippen LogP contribution is 2.30. The fourth-order valence-electron chi connectivity index (χ4n) is 3.77.